The van der Waals surface area contributed by atoms with E-state index in [4.69, 9.17) is 16.3 Å². The van der Waals surface area contributed by atoms with Crippen molar-refractivity contribution >= 4 is 35.0 Å². The number of halogens is 1. The monoisotopic (exact) mass is 439 g/mol. The molecule has 1 amide bonds. The number of rotatable bonds is 7. The zero-order valence-electron chi connectivity index (χ0n) is 16.0. The number of nitrogens with zero attached hydrogens (tertiary/aromatic N) is 4. The molecule has 7 nitrogen and oxygen atoms in total. The SMILES string of the molecule is COc1ccc(NC(=O)CSc2nnc(-c3ccccc3Cl)n2-n2cccc2)cc1. The molecule has 152 valence electrons. The molecule has 0 fully saturated rings. The normalized spacial score (nSPS) is 10.7. The van der Waals surface area contributed by atoms with Crippen LogP contribution < -0.4 is 10.1 Å². The van der Waals surface area contributed by atoms with Crippen LogP contribution in [0.2, 0.25) is 5.02 Å². The zero-order chi connectivity index (χ0) is 20.9. The molecule has 0 saturated carbocycles. The molecule has 4 aromatic rings. The van der Waals surface area contributed by atoms with Crippen molar-refractivity contribution in [1.29, 1.82) is 0 Å². The lowest BCUT2D eigenvalue weighted by Crippen LogP contribution is -2.15. The molecule has 0 saturated heterocycles. The highest BCUT2D eigenvalue weighted by Crippen LogP contribution is 2.29. The number of ether oxygens (including phenoxy) is 1. The van der Waals surface area contributed by atoms with E-state index in [0.717, 1.165) is 11.3 Å². The number of amides is 1. The van der Waals surface area contributed by atoms with Gasteiger partial charge in [-0.25, -0.2) is 4.68 Å². The minimum Gasteiger partial charge on any atom is -0.497 e. The molecular formula is C21H18ClN5O2S. The summed E-state index contributed by atoms with van der Waals surface area (Å²) in [5.74, 6) is 1.35. The van der Waals surface area contributed by atoms with Crippen LogP contribution in [0.4, 0.5) is 5.69 Å². The van der Waals surface area contributed by atoms with Gasteiger partial charge < -0.3 is 10.1 Å². The Kier molecular flexibility index (Phi) is 6.06. The largest absolute Gasteiger partial charge is 0.497 e. The summed E-state index contributed by atoms with van der Waals surface area (Å²) < 4.78 is 8.80. The molecular weight excluding hydrogens is 422 g/mol. The number of carbonyl (C=O) groups excluding carboxylic acids is 1. The van der Waals surface area contributed by atoms with Crippen molar-refractivity contribution < 1.29 is 9.53 Å². The molecule has 0 bridgehead atoms. The maximum atomic E-state index is 12.4. The topological polar surface area (TPSA) is 74.0 Å². The average molecular weight is 440 g/mol. The van der Waals surface area contributed by atoms with E-state index in [1.165, 1.54) is 11.8 Å². The minimum atomic E-state index is -0.147. The molecule has 0 aliphatic heterocycles. The van der Waals surface area contributed by atoms with Crippen molar-refractivity contribution in [3.63, 3.8) is 0 Å². The third-order valence-corrected chi connectivity index (χ3v) is 5.50. The van der Waals surface area contributed by atoms with Gasteiger partial charge in [0.05, 0.1) is 17.9 Å². The number of benzene rings is 2. The molecule has 0 aliphatic carbocycles. The van der Waals surface area contributed by atoms with Crippen molar-refractivity contribution in [2.45, 2.75) is 5.16 Å². The molecule has 1 N–H and O–H groups in total. The quantitative estimate of drug-likeness (QED) is 0.430. The number of thioether (sulfide) groups is 1. The van der Waals surface area contributed by atoms with Gasteiger partial charge in [0.2, 0.25) is 11.1 Å². The molecule has 2 aromatic heterocycles. The van der Waals surface area contributed by atoms with Crippen molar-refractivity contribution in [3.05, 3.63) is 78.1 Å². The van der Waals surface area contributed by atoms with E-state index in [2.05, 4.69) is 15.5 Å². The van der Waals surface area contributed by atoms with Crippen molar-refractivity contribution in [1.82, 2.24) is 19.5 Å². The fourth-order valence-electron chi connectivity index (χ4n) is 2.83. The second kappa shape index (κ2) is 9.06. The zero-order valence-corrected chi connectivity index (χ0v) is 17.6. The van der Waals surface area contributed by atoms with E-state index < -0.39 is 0 Å². The minimum absolute atomic E-state index is 0.147. The Morgan fingerprint density at radius 3 is 2.50 bits per heavy atom. The summed E-state index contributed by atoms with van der Waals surface area (Å²) >= 11 is 7.66. The molecule has 0 unspecified atom stereocenters. The van der Waals surface area contributed by atoms with Crippen molar-refractivity contribution in [2.75, 3.05) is 18.2 Å². The summed E-state index contributed by atoms with van der Waals surface area (Å²) in [4.78, 5) is 12.4. The van der Waals surface area contributed by atoms with Gasteiger partial charge >= 0.3 is 0 Å². The number of hydrogen-bond acceptors (Lipinski definition) is 5. The van der Waals surface area contributed by atoms with E-state index in [0.29, 0.717) is 21.7 Å². The Labute approximate surface area is 182 Å². The molecule has 0 radical (unpaired) electrons. The van der Waals surface area contributed by atoms with Gasteiger partial charge in [0.25, 0.3) is 0 Å². The van der Waals surface area contributed by atoms with Crippen LogP contribution in [0.15, 0.2) is 78.2 Å². The second-order valence-electron chi connectivity index (χ2n) is 6.23. The highest BCUT2D eigenvalue weighted by molar-refractivity contribution is 7.99. The maximum absolute atomic E-state index is 12.4. The maximum Gasteiger partial charge on any atom is 0.234 e. The van der Waals surface area contributed by atoms with Gasteiger partial charge in [-0.2, -0.15) is 0 Å². The molecule has 2 aromatic carbocycles. The van der Waals surface area contributed by atoms with Crippen LogP contribution in [0.25, 0.3) is 11.4 Å². The van der Waals surface area contributed by atoms with E-state index in [1.807, 2.05) is 52.1 Å². The van der Waals surface area contributed by atoms with Crippen LogP contribution in [-0.2, 0) is 4.79 Å². The summed E-state index contributed by atoms with van der Waals surface area (Å²) in [6, 6.07) is 18.4. The lowest BCUT2D eigenvalue weighted by Gasteiger charge is -2.12. The number of methoxy groups -OCH3 is 1. The predicted octanol–water partition coefficient (Wildman–Crippen LogP) is 4.45. The summed E-state index contributed by atoms with van der Waals surface area (Å²) in [6.07, 6.45) is 3.76. The smallest absolute Gasteiger partial charge is 0.234 e. The van der Waals surface area contributed by atoms with Gasteiger partial charge in [-0.15, -0.1) is 10.2 Å². The van der Waals surface area contributed by atoms with Gasteiger partial charge in [0.15, 0.2) is 5.82 Å². The summed E-state index contributed by atoms with van der Waals surface area (Å²) in [5, 5.41) is 12.6. The van der Waals surface area contributed by atoms with Crippen LogP contribution in [-0.4, -0.2) is 38.3 Å². The average Bonchev–Trinajstić information content (AvgIpc) is 3.43. The lowest BCUT2D eigenvalue weighted by atomic mass is 10.2. The fourth-order valence-corrected chi connectivity index (χ4v) is 3.79. The van der Waals surface area contributed by atoms with Gasteiger partial charge in [0, 0.05) is 23.6 Å². The second-order valence-corrected chi connectivity index (χ2v) is 7.58. The van der Waals surface area contributed by atoms with Crippen molar-refractivity contribution in [3.8, 4) is 17.1 Å². The molecule has 0 atom stereocenters. The predicted molar refractivity (Wildman–Crippen MR) is 118 cm³/mol. The number of hydrogen-bond donors (Lipinski definition) is 1. The molecule has 2 heterocycles. The van der Waals surface area contributed by atoms with Crippen LogP contribution in [0.3, 0.4) is 0 Å². The number of anilines is 1. The van der Waals surface area contributed by atoms with Crippen LogP contribution >= 0.6 is 23.4 Å². The number of nitrogens with one attached hydrogen (secondary N) is 1. The van der Waals surface area contributed by atoms with Crippen molar-refractivity contribution in [2.24, 2.45) is 0 Å². The molecule has 30 heavy (non-hydrogen) atoms. The van der Waals surface area contributed by atoms with Gasteiger partial charge in [-0.1, -0.05) is 35.5 Å². The van der Waals surface area contributed by atoms with Crippen LogP contribution in [0.1, 0.15) is 0 Å². The van der Waals surface area contributed by atoms with Gasteiger partial charge in [-0.3, -0.25) is 9.47 Å². The first-order valence-corrected chi connectivity index (χ1v) is 10.4. The Hall–Kier alpha value is -3.23. The van der Waals surface area contributed by atoms with Crippen LogP contribution in [0.5, 0.6) is 5.75 Å². The highest BCUT2D eigenvalue weighted by Gasteiger charge is 2.18. The molecule has 0 spiro atoms. The number of carbonyl (C=O) groups is 1. The first-order chi connectivity index (χ1) is 14.7. The molecule has 4 rings (SSSR count). The summed E-state index contributed by atoms with van der Waals surface area (Å²) in [5.41, 5.74) is 1.46. The summed E-state index contributed by atoms with van der Waals surface area (Å²) in [6.45, 7) is 0. The fraction of sp³-hybridized carbons (Fsp3) is 0.0952. The Balaban J connectivity index is 1.54. The highest BCUT2D eigenvalue weighted by atomic mass is 35.5. The van der Waals surface area contributed by atoms with E-state index in [9.17, 15) is 4.79 Å². The van der Waals surface area contributed by atoms with E-state index in [1.54, 1.807) is 37.4 Å². The first kappa shape index (κ1) is 20.1. The summed E-state index contributed by atoms with van der Waals surface area (Å²) in [7, 11) is 1.60. The first-order valence-electron chi connectivity index (χ1n) is 9.06. The third kappa shape index (κ3) is 4.34. The number of aromatic nitrogens is 4. The Bertz CT molecular complexity index is 1140. The Morgan fingerprint density at radius 1 is 1.07 bits per heavy atom. The van der Waals surface area contributed by atoms with Gasteiger partial charge in [0.1, 0.15) is 5.75 Å². The van der Waals surface area contributed by atoms with E-state index >= 15 is 0 Å². The molecule has 9 heteroatoms. The Morgan fingerprint density at radius 2 is 1.80 bits per heavy atom. The third-order valence-electron chi connectivity index (χ3n) is 4.25. The van der Waals surface area contributed by atoms with Crippen LogP contribution in [0, 0.1) is 0 Å². The van der Waals surface area contributed by atoms with E-state index in [-0.39, 0.29) is 11.7 Å². The lowest BCUT2D eigenvalue weighted by molar-refractivity contribution is -0.113. The standard InChI is InChI=1S/C21H18ClN5O2S/c1-29-16-10-8-15(9-11-16)23-19(28)14-30-21-25-24-20(17-6-2-3-7-18(17)22)27(21)26-12-4-5-13-26/h2-13H,14H2,1H3,(H,23,28). The molecule has 0 aliphatic rings. The van der Waals surface area contributed by atoms with Gasteiger partial charge in [-0.05, 0) is 48.5 Å².